The summed E-state index contributed by atoms with van der Waals surface area (Å²) < 4.78 is 0.536. The van der Waals surface area contributed by atoms with E-state index in [0.29, 0.717) is 16.5 Å². The molecule has 2 unspecified atom stereocenters. The van der Waals surface area contributed by atoms with Gasteiger partial charge in [0.15, 0.2) is 0 Å². The second kappa shape index (κ2) is 13.8. The Hall–Kier alpha value is -2.95. The van der Waals surface area contributed by atoms with Crippen LogP contribution in [0, 0.1) is 0 Å². The second-order valence-corrected chi connectivity index (χ2v) is 13.6. The van der Waals surface area contributed by atoms with E-state index in [1.807, 2.05) is 12.1 Å². The molecule has 3 aromatic rings. The van der Waals surface area contributed by atoms with E-state index in [1.54, 1.807) is 0 Å². The molecule has 0 bridgehead atoms. The minimum absolute atomic E-state index is 0.108. The molecule has 7 nitrogen and oxygen atoms in total. The molecule has 1 saturated heterocycles. The van der Waals surface area contributed by atoms with Crippen molar-refractivity contribution in [2.24, 2.45) is 4.99 Å². The number of fused-ring (bicyclic) bond motifs is 1. The number of nitrogens with one attached hydrogen (secondary N) is 1. The summed E-state index contributed by atoms with van der Waals surface area (Å²) in [6.07, 6.45) is 4.76. The lowest BCUT2D eigenvalue weighted by molar-refractivity contribution is -0.121. The highest BCUT2D eigenvalue weighted by atomic mass is 127. The quantitative estimate of drug-likeness (QED) is 0.154. The van der Waals surface area contributed by atoms with Gasteiger partial charge in [-0.05, 0) is 62.1 Å². The summed E-state index contributed by atoms with van der Waals surface area (Å²) in [7, 11) is 4.36. The van der Waals surface area contributed by atoms with Crippen LogP contribution in [0.15, 0.2) is 83.9 Å². The zero-order valence-corrected chi connectivity index (χ0v) is 27.5. The van der Waals surface area contributed by atoms with E-state index in [0.717, 1.165) is 81.3 Å². The molecule has 8 heteroatoms. The topological polar surface area (TPSA) is 54.4 Å². The van der Waals surface area contributed by atoms with Gasteiger partial charge in [0.2, 0.25) is 11.9 Å². The number of carbonyl (C=O) groups is 1. The monoisotopic (exact) mass is 690 g/mol. The molecule has 1 saturated carbocycles. The summed E-state index contributed by atoms with van der Waals surface area (Å²) in [5.74, 6) is 1.01. The largest absolute Gasteiger partial charge is 0.353 e. The highest BCUT2D eigenvalue weighted by Gasteiger charge is 2.35. The molecule has 2 atom stereocenters. The van der Waals surface area contributed by atoms with Gasteiger partial charge in [-0.15, -0.1) is 0 Å². The van der Waals surface area contributed by atoms with Crippen LogP contribution in [0.2, 0.25) is 0 Å². The summed E-state index contributed by atoms with van der Waals surface area (Å²) in [6.45, 7) is 5.46. The van der Waals surface area contributed by atoms with E-state index in [-0.39, 0.29) is 11.9 Å². The molecule has 0 aromatic heterocycles. The van der Waals surface area contributed by atoms with Crippen LogP contribution in [0.1, 0.15) is 43.7 Å². The number of halogens is 1. The number of amides is 1. The molecular weight excluding hydrogens is 647 g/mol. The van der Waals surface area contributed by atoms with Crippen LogP contribution >= 0.6 is 22.6 Å². The van der Waals surface area contributed by atoms with Gasteiger partial charge in [0, 0.05) is 57.1 Å². The molecule has 0 radical (unpaired) electrons. The van der Waals surface area contributed by atoms with Crippen molar-refractivity contribution >= 4 is 45.8 Å². The van der Waals surface area contributed by atoms with E-state index < -0.39 is 0 Å². The van der Waals surface area contributed by atoms with Gasteiger partial charge >= 0.3 is 0 Å². The van der Waals surface area contributed by atoms with Gasteiger partial charge in [-0.2, -0.15) is 0 Å². The van der Waals surface area contributed by atoms with Crippen molar-refractivity contribution in [2.45, 2.75) is 48.2 Å². The van der Waals surface area contributed by atoms with Crippen LogP contribution in [0.25, 0.3) is 11.1 Å². The van der Waals surface area contributed by atoms with Crippen LogP contribution < -0.4 is 10.2 Å². The summed E-state index contributed by atoms with van der Waals surface area (Å²) in [4.78, 5) is 28.1. The van der Waals surface area contributed by atoms with Crippen LogP contribution in [-0.4, -0.2) is 83.5 Å². The molecule has 1 amide bonds. The summed E-state index contributed by atoms with van der Waals surface area (Å²) in [6, 6.07) is 27.7. The van der Waals surface area contributed by atoms with Crippen LogP contribution in [-0.2, 0) is 4.79 Å². The number of carbonyl (C=O) groups excluding carboxylic acids is 1. The summed E-state index contributed by atoms with van der Waals surface area (Å²) in [5.41, 5.74) is 5.47. The average Bonchev–Trinajstić information content (AvgIpc) is 3.85. The molecule has 0 spiro atoms. The number of likely N-dealkylation sites (N-methyl/N-ethyl adjacent to an activating group) is 1. The van der Waals surface area contributed by atoms with Gasteiger partial charge in [0.1, 0.15) is 0 Å². The van der Waals surface area contributed by atoms with Gasteiger partial charge < -0.3 is 20.0 Å². The van der Waals surface area contributed by atoms with Crippen molar-refractivity contribution in [2.75, 3.05) is 51.7 Å². The van der Waals surface area contributed by atoms with Gasteiger partial charge in [0.05, 0.1) is 22.2 Å². The number of piperazine rings is 1. The Morgan fingerprint density at radius 2 is 1.63 bits per heavy atom. The minimum atomic E-state index is -0.143. The third-order valence-corrected chi connectivity index (χ3v) is 10.2. The highest BCUT2D eigenvalue weighted by Crippen LogP contribution is 2.41. The maximum Gasteiger partial charge on any atom is 0.222 e. The number of nitrogens with zero attached hydrogens (tertiary/aromatic N) is 5. The number of anilines is 1. The van der Waals surface area contributed by atoms with Gasteiger partial charge in [-0.1, -0.05) is 83.3 Å². The number of alkyl halides is 1. The second-order valence-electron chi connectivity index (χ2n) is 12.2. The first-order valence-corrected chi connectivity index (χ1v) is 16.9. The van der Waals surface area contributed by atoms with E-state index in [2.05, 4.69) is 128 Å². The Morgan fingerprint density at radius 3 is 2.35 bits per heavy atom. The van der Waals surface area contributed by atoms with Crippen molar-refractivity contribution in [3.05, 3.63) is 84.4 Å². The number of hydrogen-bond acceptors (Lipinski definition) is 6. The Bertz CT molecular complexity index is 1400. The SMILES string of the molecule is CN1CCN(C(I)CCCN(C)C2=Nc3ccccc3C(CC(=O)NC3CC3)N2c2ccc(-c3ccccc3)cc2)CC1. The number of guanidine groups is 1. The standard InChI is InChI=1S/C35H43IN6O/c1-39-21-23-41(24-22-39)33(36)13-8-20-40(2)35-38-31-12-7-6-11-30(31)32(25-34(43)37-28-16-17-28)42(35)29-18-14-27(15-19-29)26-9-4-3-5-10-26/h3-7,9-12,14-15,18-19,28,32-33H,8,13,16-17,20-25H2,1-2H3,(H,37,43). The maximum atomic E-state index is 13.3. The van der Waals surface area contributed by atoms with E-state index >= 15 is 0 Å². The van der Waals surface area contributed by atoms with Crippen molar-refractivity contribution in [1.29, 1.82) is 0 Å². The van der Waals surface area contributed by atoms with Gasteiger partial charge in [0.25, 0.3) is 0 Å². The summed E-state index contributed by atoms with van der Waals surface area (Å²) >= 11 is 2.63. The molecule has 2 aliphatic heterocycles. The highest BCUT2D eigenvalue weighted by molar-refractivity contribution is 14.1. The zero-order valence-electron chi connectivity index (χ0n) is 25.3. The van der Waals surface area contributed by atoms with Crippen molar-refractivity contribution < 1.29 is 4.79 Å². The van der Waals surface area contributed by atoms with Crippen LogP contribution in [0.4, 0.5) is 11.4 Å². The Labute approximate surface area is 270 Å². The molecule has 3 aromatic carbocycles. The van der Waals surface area contributed by atoms with Crippen LogP contribution in [0.5, 0.6) is 0 Å². The van der Waals surface area contributed by atoms with E-state index in [1.165, 1.54) is 11.1 Å². The zero-order chi connectivity index (χ0) is 29.8. The first kappa shape index (κ1) is 30.1. The average molecular weight is 691 g/mol. The molecule has 1 aliphatic carbocycles. The Morgan fingerprint density at radius 1 is 0.953 bits per heavy atom. The fourth-order valence-electron chi connectivity index (χ4n) is 6.09. The van der Waals surface area contributed by atoms with E-state index in [4.69, 9.17) is 4.99 Å². The molecule has 2 heterocycles. The fraction of sp³-hybridized carbons (Fsp3) is 0.429. The van der Waals surface area contributed by atoms with Crippen LogP contribution in [0.3, 0.4) is 0 Å². The molecule has 1 N–H and O–H groups in total. The van der Waals surface area contributed by atoms with Crippen molar-refractivity contribution in [3.63, 3.8) is 0 Å². The third-order valence-electron chi connectivity index (χ3n) is 8.83. The lowest BCUT2D eigenvalue weighted by Gasteiger charge is -2.41. The number of hydrogen-bond donors (Lipinski definition) is 1. The molecule has 43 heavy (non-hydrogen) atoms. The number of para-hydroxylation sites is 1. The number of benzene rings is 3. The fourth-order valence-corrected chi connectivity index (χ4v) is 7.09. The third kappa shape index (κ3) is 7.41. The predicted octanol–water partition coefficient (Wildman–Crippen LogP) is 6.29. The van der Waals surface area contributed by atoms with Gasteiger partial charge in [-0.25, -0.2) is 4.99 Å². The van der Waals surface area contributed by atoms with Crippen molar-refractivity contribution in [1.82, 2.24) is 20.0 Å². The van der Waals surface area contributed by atoms with Gasteiger partial charge in [-0.3, -0.25) is 9.69 Å². The molecule has 6 rings (SSSR count). The molecular formula is C35H43IN6O. The summed E-state index contributed by atoms with van der Waals surface area (Å²) in [5, 5.41) is 3.23. The Kier molecular flexibility index (Phi) is 9.64. The smallest absolute Gasteiger partial charge is 0.222 e. The number of rotatable bonds is 10. The Balaban J connectivity index is 1.26. The minimum Gasteiger partial charge on any atom is -0.353 e. The molecule has 3 aliphatic rings. The maximum absolute atomic E-state index is 13.3. The first-order chi connectivity index (χ1) is 21.0. The molecule has 2 fully saturated rings. The lowest BCUT2D eigenvalue weighted by Crippen LogP contribution is -2.48. The van der Waals surface area contributed by atoms with E-state index in [9.17, 15) is 4.79 Å². The predicted molar refractivity (Wildman–Crippen MR) is 185 cm³/mol. The normalized spacial score (nSPS) is 19.8. The lowest BCUT2D eigenvalue weighted by atomic mass is 9.96. The van der Waals surface area contributed by atoms with Crippen molar-refractivity contribution in [3.8, 4) is 11.1 Å². The number of aliphatic imine (C=N–C) groups is 1. The molecule has 226 valence electrons. The first-order valence-electron chi connectivity index (χ1n) is 15.7.